The molecular formula is C36H32BrN9O2S2. The molecule has 0 aliphatic rings. The van der Waals surface area contributed by atoms with E-state index in [4.69, 9.17) is 0 Å². The number of hydrogen-bond donors (Lipinski definition) is 4. The number of aryl methyl sites for hydroxylation is 1. The second-order valence-corrected chi connectivity index (χ2v) is 13.7. The van der Waals surface area contributed by atoms with Crippen LogP contribution in [0.25, 0.3) is 53.8 Å². The van der Waals surface area contributed by atoms with Crippen LogP contribution in [0.4, 0.5) is 19.9 Å². The van der Waals surface area contributed by atoms with E-state index in [1.54, 1.807) is 12.4 Å². The first-order chi connectivity index (χ1) is 24.3. The molecule has 0 aliphatic carbocycles. The van der Waals surface area contributed by atoms with Gasteiger partial charge in [-0.1, -0.05) is 40.9 Å². The maximum Gasteiger partial charge on any atom is 0.321 e. The van der Waals surface area contributed by atoms with Crippen molar-refractivity contribution in [2.45, 2.75) is 20.8 Å². The Balaban J connectivity index is 0.000000178. The first-order valence-electron chi connectivity index (χ1n) is 15.7. The Morgan fingerprint density at radius 1 is 0.680 bits per heavy atom. The highest BCUT2D eigenvalue weighted by atomic mass is 79.9. The monoisotopic (exact) mass is 765 g/mol. The minimum Gasteiger partial charge on any atom is -0.338 e. The van der Waals surface area contributed by atoms with Crippen LogP contribution >= 0.6 is 38.6 Å². The summed E-state index contributed by atoms with van der Waals surface area (Å²) in [6, 6.07) is 19.6. The Morgan fingerprint density at radius 3 is 1.76 bits per heavy atom. The SMILES string of the molecule is CCNC(=O)Nc1nc2cc(-c3cccnc3)cc(-c3ccc(C)nc3)c2s1.CCNC(=O)Nc1nc2cc(-c3cccnc3)cc(Br)c2s1. The molecule has 0 aliphatic heterocycles. The molecule has 0 bridgehead atoms. The van der Waals surface area contributed by atoms with E-state index in [2.05, 4.69) is 74.2 Å². The number of nitrogens with one attached hydrogen (secondary N) is 4. The number of pyridine rings is 3. The summed E-state index contributed by atoms with van der Waals surface area (Å²) in [5.41, 5.74) is 8.76. The van der Waals surface area contributed by atoms with Crippen LogP contribution in [0.15, 0.2) is 96.1 Å². The number of aromatic nitrogens is 5. The van der Waals surface area contributed by atoms with Crippen molar-refractivity contribution in [3.63, 3.8) is 0 Å². The van der Waals surface area contributed by atoms with E-state index in [1.807, 2.05) is 87.9 Å². The van der Waals surface area contributed by atoms with Crippen molar-refractivity contribution in [3.05, 3.63) is 102 Å². The van der Waals surface area contributed by atoms with Gasteiger partial charge in [-0.2, -0.15) is 0 Å². The van der Waals surface area contributed by atoms with Crippen molar-refractivity contribution in [1.29, 1.82) is 0 Å². The summed E-state index contributed by atoms with van der Waals surface area (Å²) in [6.07, 6.45) is 9.01. The van der Waals surface area contributed by atoms with Crippen LogP contribution < -0.4 is 21.3 Å². The van der Waals surface area contributed by atoms with Crippen molar-refractivity contribution in [1.82, 2.24) is 35.6 Å². The van der Waals surface area contributed by atoms with E-state index < -0.39 is 0 Å². The number of hydrogen-bond acceptors (Lipinski definition) is 9. The maximum absolute atomic E-state index is 11.9. The van der Waals surface area contributed by atoms with Gasteiger partial charge in [0.05, 0.1) is 20.4 Å². The number of carbonyl (C=O) groups excluding carboxylic acids is 2. The van der Waals surface area contributed by atoms with Crippen molar-refractivity contribution >= 4 is 81.4 Å². The number of thiazole rings is 2. The fourth-order valence-corrected chi connectivity index (χ4v) is 7.49. The predicted molar refractivity (Wildman–Crippen MR) is 207 cm³/mol. The normalized spacial score (nSPS) is 10.7. The third kappa shape index (κ3) is 8.28. The molecule has 7 rings (SSSR count). The standard InChI is InChI=1S/C21H19N5OS.C15H13BrN4OS/c1-3-23-20(27)26-21-25-18-10-16(14-5-4-8-22-11-14)9-17(19(18)28-21)15-7-6-13(2)24-12-15;1-2-18-14(21)20-15-19-12-7-10(6-11(16)13(12)22-15)9-4-3-5-17-8-9/h4-12H,3H2,1-2H3,(H2,23,25,26,27);3-8H,2H2,1H3,(H2,18,19,20,21). The molecule has 14 heteroatoms. The number of nitrogens with zero attached hydrogens (tertiary/aromatic N) is 5. The van der Waals surface area contributed by atoms with Gasteiger partial charge in [0, 0.05) is 76.5 Å². The fourth-order valence-electron chi connectivity index (χ4n) is 4.98. The lowest BCUT2D eigenvalue weighted by atomic mass is 10.00. The number of benzene rings is 2. The zero-order valence-electron chi connectivity index (χ0n) is 27.3. The van der Waals surface area contributed by atoms with Crippen molar-refractivity contribution < 1.29 is 9.59 Å². The van der Waals surface area contributed by atoms with Gasteiger partial charge in [0.1, 0.15) is 0 Å². The molecule has 0 spiro atoms. The van der Waals surface area contributed by atoms with E-state index in [0.717, 1.165) is 64.0 Å². The van der Waals surface area contributed by atoms with E-state index in [1.165, 1.54) is 22.7 Å². The Labute approximate surface area is 304 Å². The largest absolute Gasteiger partial charge is 0.338 e. The fraction of sp³-hybridized carbons (Fsp3) is 0.139. The molecule has 4 amide bonds. The Bertz CT molecular complexity index is 2260. The number of fused-ring (bicyclic) bond motifs is 2. The van der Waals surface area contributed by atoms with E-state index in [0.29, 0.717) is 23.4 Å². The molecule has 0 radical (unpaired) electrons. The average molecular weight is 767 g/mol. The molecule has 5 heterocycles. The van der Waals surface area contributed by atoms with Crippen LogP contribution in [0, 0.1) is 6.92 Å². The Morgan fingerprint density at radius 2 is 1.24 bits per heavy atom. The molecule has 0 saturated carbocycles. The second-order valence-electron chi connectivity index (χ2n) is 10.9. The topological polar surface area (TPSA) is 147 Å². The molecule has 5 aromatic heterocycles. The molecule has 7 aromatic rings. The van der Waals surface area contributed by atoms with Crippen LogP contribution in [0.5, 0.6) is 0 Å². The summed E-state index contributed by atoms with van der Waals surface area (Å²) in [4.78, 5) is 45.4. The van der Waals surface area contributed by atoms with Crippen molar-refractivity contribution in [2.24, 2.45) is 0 Å². The van der Waals surface area contributed by atoms with Crippen LogP contribution in [0.2, 0.25) is 0 Å². The van der Waals surface area contributed by atoms with E-state index in [-0.39, 0.29) is 12.1 Å². The molecular weight excluding hydrogens is 734 g/mol. The van der Waals surface area contributed by atoms with E-state index in [9.17, 15) is 9.59 Å². The summed E-state index contributed by atoms with van der Waals surface area (Å²) >= 11 is 6.47. The average Bonchev–Trinajstić information content (AvgIpc) is 3.73. The van der Waals surface area contributed by atoms with Crippen LogP contribution in [-0.2, 0) is 0 Å². The summed E-state index contributed by atoms with van der Waals surface area (Å²) in [5, 5.41) is 12.1. The van der Waals surface area contributed by atoms with Gasteiger partial charge in [0.25, 0.3) is 0 Å². The molecule has 11 nitrogen and oxygen atoms in total. The first kappa shape index (κ1) is 34.5. The minimum atomic E-state index is -0.257. The molecule has 0 atom stereocenters. The lowest BCUT2D eigenvalue weighted by Gasteiger charge is -2.07. The Kier molecular flexibility index (Phi) is 11.0. The number of rotatable bonds is 7. The Hall–Kier alpha value is -5.31. The van der Waals surface area contributed by atoms with Gasteiger partial charge in [-0.25, -0.2) is 19.6 Å². The highest BCUT2D eigenvalue weighted by Gasteiger charge is 2.15. The highest BCUT2D eigenvalue weighted by molar-refractivity contribution is 9.10. The number of halogens is 1. The lowest BCUT2D eigenvalue weighted by molar-refractivity contribution is 0.251. The van der Waals surface area contributed by atoms with Crippen molar-refractivity contribution in [2.75, 3.05) is 23.7 Å². The van der Waals surface area contributed by atoms with Crippen LogP contribution in [-0.4, -0.2) is 50.1 Å². The van der Waals surface area contributed by atoms with E-state index >= 15 is 0 Å². The molecule has 0 unspecified atom stereocenters. The van der Waals surface area contributed by atoms with Crippen molar-refractivity contribution in [3.8, 4) is 33.4 Å². The summed E-state index contributed by atoms with van der Waals surface area (Å²) in [7, 11) is 0. The third-order valence-electron chi connectivity index (χ3n) is 7.26. The number of anilines is 2. The minimum absolute atomic E-state index is 0.245. The summed E-state index contributed by atoms with van der Waals surface area (Å²) < 4.78 is 2.95. The third-order valence-corrected chi connectivity index (χ3v) is 10.2. The zero-order chi connectivity index (χ0) is 35.0. The van der Waals surface area contributed by atoms with Gasteiger partial charge < -0.3 is 10.6 Å². The number of amides is 4. The first-order valence-corrected chi connectivity index (χ1v) is 18.1. The van der Waals surface area contributed by atoms with Gasteiger partial charge in [-0.3, -0.25) is 25.6 Å². The smallest absolute Gasteiger partial charge is 0.321 e. The molecule has 0 fully saturated rings. The van der Waals surface area contributed by atoms with Gasteiger partial charge in [-0.05, 0) is 90.3 Å². The van der Waals surface area contributed by atoms with Gasteiger partial charge in [-0.15, -0.1) is 0 Å². The molecule has 50 heavy (non-hydrogen) atoms. The summed E-state index contributed by atoms with van der Waals surface area (Å²) in [6.45, 7) is 6.84. The second kappa shape index (κ2) is 15.9. The van der Waals surface area contributed by atoms with Gasteiger partial charge >= 0.3 is 12.1 Å². The number of urea groups is 2. The number of carbonyl (C=O) groups is 2. The zero-order valence-corrected chi connectivity index (χ0v) is 30.5. The van der Waals surface area contributed by atoms with Crippen LogP contribution in [0.1, 0.15) is 19.5 Å². The lowest BCUT2D eigenvalue weighted by Crippen LogP contribution is -2.28. The highest BCUT2D eigenvalue weighted by Crippen LogP contribution is 2.39. The molecule has 0 saturated heterocycles. The predicted octanol–water partition coefficient (Wildman–Crippen LogP) is 9.13. The molecule has 4 N–H and O–H groups in total. The van der Waals surface area contributed by atoms with Gasteiger partial charge in [0.15, 0.2) is 10.3 Å². The molecule has 252 valence electrons. The van der Waals surface area contributed by atoms with Crippen LogP contribution in [0.3, 0.4) is 0 Å². The molecule has 2 aromatic carbocycles. The van der Waals surface area contributed by atoms with Gasteiger partial charge in [0.2, 0.25) is 0 Å². The maximum atomic E-state index is 11.9. The quantitative estimate of drug-likeness (QED) is 0.127. The summed E-state index contributed by atoms with van der Waals surface area (Å²) in [5.74, 6) is 0.